The maximum absolute atomic E-state index is 12.4. The lowest BCUT2D eigenvalue weighted by atomic mass is 10.0. The molecule has 0 spiro atoms. The van der Waals surface area contributed by atoms with Gasteiger partial charge in [0.05, 0.1) is 16.6 Å². The highest BCUT2D eigenvalue weighted by molar-refractivity contribution is 6.42. The molecular formula is C21H21Cl2N6O2+. The van der Waals surface area contributed by atoms with Crippen LogP contribution in [0.5, 0.6) is 5.75 Å². The average molecular weight is 460 g/mol. The van der Waals surface area contributed by atoms with Crippen molar-refractivity contribution in [2.75, 3.05) is 18.4 Å². The average Bonchev–Trinajstić information content (AvgIpc) is 3.17. The normalized spacial score (nSPS) is 14.8. The molecule has 2 aromatic rings. The third kappa shape index (κ3) is 5.66. The van der Waals surface area contributed by atoms with Crippen molar-refractivity contribution in [3.63, 3.8) is 0 Å². The maximum Gasteiger partial charge on any atom is 0.223 e. The summed E-state index contributed by atoms with van der Waals surface area (Å²) in [6.45, 7) is 0.681. The number of phenols is 1. The second-order valence-corrected chi connectivity index (χ2v) is 7.70. The zero-order chi connectivity index (χ0) is 22.4. The molecule has 1 unspecified atom stereocenters. The molecule has 31 heavy (non-hydrogen) atoms. The molecule has 1 aliphatic rings. The van der Waals surface area contributed by atoms with E-state index < -0.39 is 6.04 Å². The van der Waals surface area contributed by atoms with E-state index in [1.807, 2.05) is 6.19 Å². The molecule has 0 radical (unpaired) electrons. The number of carbonyl (C=O) groups excluding carboxylic acids is 1. The minimum atomic E-state index is -0.524. The maximum atomic E-state index is 12.4. The predicted octanol–water partition coefficient (Wildman–Crippen LogP) is 1.78. The number of likely N-dealkylation sites (tertiary alicyclic amines) is 1. The highest BCUT2D eigenvalue weighted by Crippen LogP contribution is 2.24. The number of aliphatic imine (C=N–C) groups is 1. The minimum absolute atomic E-state index is 0.00973. The van der Waals surface area contributed by atoms with Gasteiger partial charge in [0.2, 0.25) is 17.6 Å². The van der Waals surface area contributed by atoms with E-state index in [0.29, 0.717) is 40.0 Å². The number of guanidine groups is 1. The number of nitriles is 1. The van der Waals surface area contributed by atoms with Crippen molar-refractivity contribution in [2.45, 2.75) is 18.9 Å². The largest absolute Gasteiger partial charge is 0.508 e. The lowest BCUT2D eigenvalue weighted by Crippen LogP contribution is -2.56. The van der Waals surface area contributed by atoms with E-state index in [2.05, 4.69) is 15.6 Å². The van der Waals surface area contributed by atoms with E-state index in [4.69, 9.17) is 33.9 Å². The molecule has 1 amide bonds. The molecule has 0 aliphatic carbocycles. The number of hydrogen-bond acceptors (Lipinski definition) is 4. The molecule has 0 saturated carbocycles. The van der Waals surface area contributed by atoms with Crippen molar-refractivity contribution in [3.8, 4) is 11.9 Å². The zero-order valence-electron chi connectivity index (χ0n) is 16.5. The van der Waals surface area contributed by atoms with E-state index >= 15 is 0 Å². The summed E-state index contributed by atoms with van der Waals surface area (Å²) in [5.74, 6) is 0.296. The quantitative estimate of drug-likeness (QED) is 0.172. The Kier molecular flexibility index (Phi) is 7.34. The van der Waals surface area contributed by atoms with Gasteiger partial charge in [-0.15, -0.1) is 0 Å². The fraction of sp³-hybridized carbons (Fsp3) is 0.238. The third-order valence-electron chi connectivity index (χ3n) is 4.82. The number of nitrogens with one attached hydrogen (secondary N) is 2. The number of nitrogens with two attached hydrogens (primary N) is 1. The summed E-state index contributed by atoms with van der Waals surface area (Å²) in [6.07, 6.45) is 3.02. The second kappa shape index (κ2) is 10.2. The summed E-state index contributed by atoms with van der Waals surface area (Å²) in [5.41, 5.74) is 1.70. The van der Waals surface area contributed by atoms with Gasteiger partial charge in [0.1, 0.15) is 11.8 Å². The molecule has 1 fully saturated rings. The van der Waals surface area contributed by atoms with Gasteiger partial charge in [0.15, 0.2) is 6.19 Å². The Morgan fingerprint density at radius 2 is 2.00 bits per heavy atom. The molecule has 10 heteroatoms. The van der Waals surface area contributed by atoms with Crippen molar-refractivity contribution in [1.82, 2.24) is 10.2 Å². The number of nitrogens with zero attached hydrogens (tertiary/aromatic N) is 3. The number of phenolic OH excluding ortho intramolecular Hbond substituents is 1. The van der Waals surface area contributed by atoms with Crippen molar-refractivity contribution < 1.29 is 15.3 Å². The van der Waals surface area contributed by atoms with Crippen LogP contribution < -0.4 is 16.0 Å². The molecule has 1 saturated heterocycles. The molecule has 0 aromatic heterocycles. The fourth-order valence-electron chi connectivity index (χ4n) is 3.25. The van der Waals surface area contributed by atoms with Gasteiger partial charge in [-0.3, -0.25) is 15.5 Å². The van der Waals surface area contributed by atoms with Crippen LogP contribution in [0.25, 0.3) is 0 Å². The molecule has 3 rings (SSSR count). The first-order valence-corrected chi connectivity index (χ1v) is 10.3. The minimum Gasteiger partial charge on any atom is -0.508 e. The van der Waals surface area contributed by atoms with E-state index in [1.165, 1.54) is 12.1 Å². The number of amides is 1. The van der Waals surface area contributed by atoms with E-state index in [9.17, 15) is 9.90 Å². The zero-order valence-corrected chi connectivity index (χ0v) is 18.0. The first kappa shape index (κ1) is 22.4. The van der Waals surface area contributed by atoms with Crippen LogP contribution in [0.3, 0.4) is 0 Å². The van der Waals surface area contributed by atoms with E-state index in [-0.39, 0.29) is 24.2 Å². The number of anilines is 1. The summed E-state index contributed by atoms with van der Waals surface area (Å²) in [5, 5.41) is 31.2. The predicted molar refractivity (Wildman–Crippen MR) is 120 cm³/mol. The summed E-state index contributed by atoms with van der Waals surface area (Å²) < 4.78 is 0. The van der Waals surface area contributed by atoms with Gasteiger partial charge in [-0.25, -0.2) is 4.99 Å². The van der Waals surface area contributed by atoms with Crippen LogP contribution in [-0.2, 0) is 4.79 Å². The molecule has 1 heterocycles. The standard InChI is InChI=1S/C21H20Cl2N6O2/c22-16-8-3-13(10-17(16)23)20(25)18(29-9-1-2-19(29)31)11-26-21(27-12-24)28-14-4-6-15(30)7-5-14/h3-8,10,18,25,30H,1-2,9,11H2,(H2,26,27,28)/p+1. The lowest BCUT2D eigenvalue weighted by molar-refractivity contribution is -0.134. The SMILES string of the molecule is N#CNC(=NCC(C(=[NH2+])c1ccc(Cl)c(Cl)c1)N1CCCC1=O)Nc1ccc(O)cc1. The summed E-state index contributed by atoms with van der Waals surface area (Å²) in [4.78, 5) is 18.6. The number of carbonyl (C=O) groups is 1. The third-order valence-corrected chi connectivity index (χ3v) is 5.56. The molecule has 2 aromatic carbocycles. The number of aromatic hydroxyl groups is 1. The van der Waals surface area contributed by atoms with Gasteiger partial charge >= 0.3 is 0 Å². The van der Waals surface area contributed by atoms with Gasteiger partial charge in [-0.1, -0.05) is 23.2 Å². The second-order valence-electron chi connectivity index (χ2n) is 6.89. The Labute approximate surface area is 189 Å². The van der Waals surface area contributed by atoms with Gasteiger partial charge < -0.3 is 15.3 Å². The Bertz CT molecular complexity index is 1050. The summed E-state index contributed by atoms with van der Waals surface area (Å²) in [7, 11) is 0. The van der Waals surface area contributed by atoms with E-state index in [1.54, 1.807) is 35.2 Å². The topological polar surface area (TPSA) is 126 Å². The molecule has 1 aliphatic heterocycles. The molecule has 1 atom stereocenters. The van der Waals surface area contributed by atoms with Crippen LogP contribution in [0.15, 0.2) is 47.5 Å². The van der Waals surface area contributed by atoms with Crippen LogP contribution in [0.1, 0.15) is 18.4 Å². The monoisotopic (exact) mass is 459 g/mol. The summed E-state index contributed by atoms with van der Waals surface area (Å²) in [6, 6.07) is 10.8. The number of halogens is 2. The Hall–Kier alpha value is -3.28. The highest BCUT2D eigenvalue weighted by Gasteiger charge is 2.34. The van der Waals surface area contributed by atoms with Gasteiger partial charge in [-0.05, 0) is 48.9 Å². The molecular weight excluding hydrogens is 439 g/mol. The van der Waals surface area contributed by atoms with Crippen molar-refractivity contribution in [3.05, 3.63) is 58.1 Å². The van der Waals surface area contributed by atoms with Gasteiger partial charge in [0.25, 0.3) is 0 Å². The highest BCUT2D eigenvalue weighted by atomic mass is 35.5. The van der Waals surface area contributed by atoms with Crippen molar-refractivity contribution in [1.29, 1.82) is 5.26 Å². The fourth-order valence-corrected chi connectivity index (χ4v) is 3.55. The molecule has 5 N–H and O–H groups in total. The van der Waals surface area contributed by atoms with Gasteiger partial charge in [0, 0.05) is 24.2 Å². The molecule has 160 valence electrons. The Morgan fingerprint density at radius 1 is 1.26 bits per heavy atom. The first-order valence-electron chi connectivity index (χ1n) is 9.52. The molecule has 0 bridgehead atoms. The lowest BCUT2D eigenvalue weighted by Gasteiger charge is -2.25. The Morgan fingerprint density at radius 3 is 2.61 bits per heavy atom. The van der Waals surface area contributed by atoms with Crippen molar-refractivity contribution in [2.24, 2.45) is 4.99 Å². The summed E-state index contributed by atoms with van der Waals surface area (Å²) >= 11 is 12.1. The van der Waals surface area contributed by atoms with Gasteiger partial charge in [-0.2, -0.15) is 5.26 Å². The van der Waals surface area contributed by atoms with Crippen molar-refractivity contribution >= 4 is 46.5 Å². The van der Waals surface area contributed by atoms with Crippen LogP contribution >= 0.6 is 23.2 Å². The number of benzene rings is 2. The first-order chi connectivity index (χ1) is 14.9. The number of rotatable bonds is 6. The van der Waals surface area contributed by atoms with Crippen LogP contribution in [-0.4, -0.2) is 46.7 Å². The van der Waals surface area contributed by atoms with Crippen LogP contribution in [0, 0.1) is 11.5 Å². The smallest absolute Gasteiger partial charge is 0.223 e. The Balaban J connectivity index is 1.86. The number of hydrogen-bond donors (Lipinski definition) is 4. The molecule has 8 nitrogen and oxygen atoms in total. The van der Waals surface area contributed by atoms with Crippen LogP contribution in [0.2, 0.25) is 10.0 Å². The van der Waals surface area contributed by atoms with Crippen LogP contribution in [0.4, 0.5) is 5.69 Å². The van der Waals surface area contributed by atoms with E-state index in [0.717, 1.165) is 6.42 Å².